The number of ether oxygens (including phenoxy) is 3. The molecule has 0 radical (unpaired) electrons. The molecule has 5 nitrogen and oxygen atoms in total. The van der Waals surface area contributed by atoms with E-state index in [4.69, 9.17) is 14.2 Å². The Balaban J connectivity index is 2.80. The summed E-state index contributed by atoms with van der Waals surface area (Å²) in [5.41, 5.74) is 0.373. The smallest absolute Gasteiger partial charge is 0.196 e. The van der Waals surface area contributed by atoms with Crippen LogP contribution in [0.5, 0.6) is 5.75 Å². The lowest BCUT2D eigenvalue weighted by atomic mass is 10.1. The number of Topliss-reactive ketones (excluding diaryl/α,β-unsaturated/α-hetero) is 1. The Bertz CT molecular complexity index is 356. The van der Waals surface area contributed by atoms with E-state index in [0.29, 0.717) is 11.3 Å². The molecule has 1 rings (SSSR count). The molecule has 0 saturated heterocycles. The summed E-state index contributed by atoms with van der Waals surface area (Å²) in [5, 5.41) is 9.73. The Labute approximate surface area is 99.9 Å². The number of carbonyl (C=O) groups is 1. The molecule has 0 spiro atoms. The number of rotatable bonds is 6. The monoisotopic (exact) mass is 240 g/mol. The molecule has 94 valence electrons. The Morgan fingerprint density at radius 2 is 1.65 bits per heavy atom. The van der Waals surface area contributed by atoms with Gasteiger partial charge in [-0.15, -0.1) is 0 Å². The zero-order valence-corrected chi connectivity index (χ0v) is 10.0. The van der Waals surface area contributed by atoms with E-state index in [1.54, 1.807) is 24.3 Å². The first-order chi connectivity index (χ1) is 8.13. The normalized spacial score (nSPS) is 12.5. The van der Waals surface area contributed by atoms with Crippen LogP contribution in [0.3, 0.4) is 0 Å². The first-order valence-corrected chi connectivity index (χ1v) is 5.06. The lowest BCUT2D eigenvalue weighted by Gasteiger charge is -2.18. The highest BCUT2D eigenvalue weighted by molar-refractivity contribution is 5.99. The van der Waals surface area contributed by atoms with Gasteiger partial charge in [-0.2, -0.15) is 0 Å². The van der Waals surface area contributed by atoms with E-state index >= 15 is 0 Å². The molecular formula is C12H16O5. The molecule has 0 bridgehead atoms. The van der Waals surface area contributed by atoms with E-state index in [9.17, 15) is 9.90 Å². The van der Waals surface area contributed by atoms with Crippen LogP contribution >= 0.6 is 0 Å². The van der Waals surface area contributed by atoms with Crippen molar-refractivity contribution in [1.82, 2.24) is 0 Å². The van der Waals surface area contributed by atoms with Crippen molar-refractivity contribution in [2.75, 3.05) is 21.3 Å². The molecule has 1 N–H and O–H groups in total. The predicted molar refractivity (Wildman–Crippen MR) is 61.1 cm³/mol. The van der Waals surface area contributed by atoms with Gasteiger partial charge < -0.3 is 19.3 Å². The van der Waals surface area contributed by atoms with Crippen molar-refractivity contribution in [3.8, 4) is 5.75 Å². The maximum absolute atomic E-state index is 11.9. The van der Waals surface area contributed by atoms with Crippen molar-refractivity contribution in [2.45, 2.75) is 12.4 Å². The molecule has 0 aromatic heterocycles. The van der Waals surface area contributed by atoms with Gasteiger partial charge in [0.2, 0.25) is 0 Å². The number of carbonyl (C=O) groups excluding carboxylic acids is 1. The topological polar surface area (TPSA) is 65.0 Å². The summed E-state index contributed by atoms with van der Waals surface area (Å²) in [4.78, 5) is 11.9. The van der Waals surface area contributed by atoms with Crippen molar-refractivity contribution in [2.24, 2.45) is 0 Å². The molecule has 1 aromatic carbocycles. The summed E-state index contributed by atoms with van der Waals surface area (Å²) in [5.74, 6) is 0.187. The summed E-state index contributed by atoms with van der Waals surface area (Å²) in [6.45, 7) is 0. The van der Waals surface area contributed by atoms with Crippen LogP contribution in [0.15, 0.2) is 24.3 Å². The van der Waals surface area contributed by atoms with Crippen molar-refractivity contribution < 1.29 is 24.1 Å². The third-order valence-electron chi connectivity index (χ3n) is 2.37. The molecule has 1 atom stereocenters. The predicted octanol–water partition coefficient (Wildman–Crippen LogP) is 0.858. The fourth-order valence-corrected chi connectivity index (χ4v) is 1.40. The number of aliphatic hydroxyl groups is 1. The SMILES string of the molecule is COc1ccc(C(=O)[C@H](O)C(OC)OC)cc1. The molecule has 1 aromatic rings. The van der Waals surface area contributed by atoms with Crippen LogP contribution in [-0.4, -0.2) is 44.6 Å². The zero-order chi connectivity index (χ0) is 12.8. The first-order valence-electron chi connectivity index (χ1n) is 5.06. The summed E-state index contributed by atoms with van der Waals surface area (Å²) < 4.78 is 14.6. The molecule has 5 heteroatoms. The lowest BCUT2D eigenvalue weighted by Crippen LogP contribution is -2.36. The maximum Gasteiger partial charge on any atom is 0.196 e. The van der Waals surface area contributed by atoms with Gasteiger partial charge in [0, 0.05) is 19.8 Å². The van der Waals surface area contributed by atoms with Gasteiger partial charge in [-0.25, -0.2) is 0 Å². The van der Waals surface area contributed by atoms with Crippen LogP contribution in [-0.2, 0) is 9.47 Å². The molecule has 0 amide bonds. The molecule has 0 fully saturated rings. The summed E-state index contributed by atoms with van der Waals surface area (Å²) >= 11 is 0. The van der Waals surface area contributed by atoms with Crippen molar-refractivity contribution >= 4 is 5.78 Å². The van der Waals surface area contributed by atoms with Crippen LogP contribution in [0, 0.1) is 0 Å². The maximum atomic E-state index is 11.9. The van der Waals surface area contributed by atoms with E-state index in [0.717, 1.165) is 0 Å². The summed E-state index contributed by atoms with van der Waals surface area (Å²) in [6, 6.07) is 6.45. The number of aliphatic hydroxyl groups excluding tert-OH is 1. The van der Waals surface area contributed by atoms with E-state index in [2.05, 4.69) is 0 Å². The largest absolute Gasteiger partial charge is 0.497 e. The number of hydrogen-bond acceptors (Lipinski definition) is 5. The van der Waals surface area contributed by atoms with E-state index in [1.807, 2.05) is 0 Å². The van der Waals surface area contributed by atoms with Crippen LogP contribution in [0.4, 0.5) is 0 Å². The van der Waals surface area contributed by atoms with E-state index in [-0.39, 0.29) is 0 Å². The fourth-order valence-electron chi connectivity index (χ4n) is 1.40. The number of ketones is 1. The standard InChI is InChI=1S/C12H16O5/c1-15-9-6-4-8(5-7-9)10(13)11(14)12(16-2)17-3/h4-7,11-12,14H,1-3H3/t11-/m0/s1. The quantitative estimate of drug-likeness (QED) is 0.590. The van der Waals surface area contributed by atoms with Crippen LogP contribution in [0.25, 0.3) is 0 Å². The van der Waals surface area contributed by atoms with Crippen molar-refractivity contribution in [1.29, 1.82) is 0 Å². The Morgan fingerprint density at radius 3 is 2.06 bits per heavy atom. The van der Waals surface area contributed by atoms with Gasteiger partial charge in [-0.3, -0.25) is 4.79 Å². The summed E-state index contributed by atoms with van der Waals surface area (Å²) in [7, 11) is 4.26. The highest BCUT2D eigenvalue weighted by Gasteiger charge is 2.26. The molecule has 0 aliphatic rings. The Hall–Kier alpha value is -1.43. The number of benzene rings is 1. The van der Waals surface area contributed by atoms with Crippen molar-refractivity contribution in [3.05, 3.63) is 29.8 Å². The van der Waals surface area contributed by atoms with Crippen LogP contribution in [0.1, 0.15) is 10.4 Å². The second-order valence-electron chi connectivity index (χ2n) is 3.38. The molecular weight excluding hydrogens is 224 g/mol. The average Bonchev–Trinajstić information content (AvgIpc) is 2.39. The van der Waals surface area contributed by atoms with Crippen molar-refractivity contribution in [3.63, 3.8) is 0 Å². The second-order valence-corrected chi connectivity index (χ2v) is 3.38. The molecule has 0 aliphatic heterocycles. The van der Waals surface area contributed by atoms with Gasteiger partial charge in [0.25, 0.3) is 0 Å². The van der Waals surface area contributed by atoms with E-state index in [1.165, 1.54) is 21.3 Å². The molecule has 17 heavy (non-hydrogen) atoms. The van der Waals surface area contributed by atoms with Gasteiger partial charge in [0.1, 0.15) is 5.75 Å². The Morgan fingerprint density at radius 1 is 1.12 bits per heavy atom. The van der Waals surface area contributed by atoms with Crippen LogP contribution < -0.4 is 4.74 Å². The van der Waals surface area contributed by atoms with Gasteiger partial charge in [0.15, 0.2) is 18.2 Å². The number of methoxy groups -OCH3 is 3. The summed E-state index contributed by atoms with van der Waals surface area (Å²) in [6.07, 6.45) is -2.32. The third-order valence-corrected chi connectivity index (χ3v) is 2.37. The Kier molecular flexibility index (Phi) is 5.09. The minimum Gasteiger partial charge on any atom is -0.497 e. The minimum atomic E-state index is -1.35. The van der Waals surface area contributed by atoms with E-state index < -0.39 is 18.2 Å². The highest BCUT2D eigenvalue weighted by atomic mass is 16.7. The van der Waals surface area contributed by atoms with Gasteiger partial charge in [0.05, 0.1) is 7.11 Å². The minimum absolute atomic E-state index is 0.373. The molecule has 0 unspecified atom stereocenters. The van der Waals surface area contributed by atoms with Gasteiger partial charge in [-0.05, 0) is 24.3 Å². The average molecular weight is 240 g/mol. The zero-order valence-electron chi connectivity index (χ0n) is 10.0. The molecule has 0 heterocycles. The van der Waals surface area contributed by atoms with Gasteiger partial charge in [-0.1, -0.05) is 0 Å². The van der Waals surface area contributed by atoms with Gasteiger partial charge >= 0.3 is 0 Å². The lowest BCUT2D eigenvalue weighted by molar-refractivity contribution is -0.150. The molecule has 0 saturated carbocycles. The molecule has 0 aliphatic carbocycles. The fraction of sp³-hybridized carbons (Fsp3) is 0.417. The van der Waals surface area contributed by atoms with Crippen LogP contribution in [0.2, 0.25) is 0 Å². The third kappa shape index (κ3) is 3.26. The second kappa shape index (κ2) is 6.34. The first kappa shape index (κ1) is 13.6. The highest BCUT2D eigenvalue weighted by Crippen LogP contribution is 2.14. The number of hydrogen-bond donors (Lipinski definition) is 1.